The van der Waals surface area contributed by atoms with Crippen molar-refractivity contribution in [2.45, 2.75) is 0 Å². The number of halogens is 4. The Kier molecular flexibility index (Phi) is 2.84. The Morgan fingerprint density at radius 3 is 2.23 bits per heavy atom. The van der Waals surface area contributed by atoms with Gasteiger partial charge in [0.1, 0.15) is 0 Å². The molecule has 0 atom stereocenters. The molecule has 6 heteroatoms. The van der Waals surface area contributed by atoms with Gasteiger partial charge in [-0.05, 0) is 63.7 Å². The normalized spacial score (nSPS) is 11.1. The smallest absolute Gasteiger partial charge is 0.0816 e. The average Bonchev–Trinajstić information content (AvgIpc) is 2.59. The second-order valence-corrected chi connectivity index (χ2v) is 5.59. The van der Waals surface area contributed by atoms with Crippen molar-refractivity contribution in [3.05, 3.63) is 24.1 Å². The summed E-state index contributed by atoms with van der Waals surface area (Å²) in [6, 6.07) is 0. The van der Waals surface area contributed by atoms with Crippen molar-refractivity contribution in [2.24, 2.45) is 0 Å². The summed E-state index contributed by atoms with van der Waals surface area (Å²) in [7, 11) is 0. The minimum Gasteiger partial charge on any atom is -0.277 e. The zero-order valence-electron chi connectivity index (χ0n) is 6.04. The summed E-state index contributed by atoms with van der Waals surface area (Å²) in [6.45, 7) is 0. The molecule has 2 aromatic rings. The fourth-order valence-corrected chi connectivity index (χ4v) is 3.38. The Balaban J connectivity index is 3.02. The van der Waals surface area contributed by atoms with Crippen LogP contribution in [0.5, 0.6) is 0 Å². The first-order chi connectivity index (χ1) is 6.13. The van der Waals surface area contributed by atoms with Crippen LogP contribution in [0.1, 0.15) is 0 Å². The number of nitrogens with one attached hydrogen (secondary N) is 1. The molecule has 1 N–H and O–H groups in total. The van der Waals surface area contributed by atoms with Gasteiger partial charge in [-0.1, -0.05) is 0 Å². The molecule has 0 bridgehead atoms. The number of hydrogen-bond acceptors (Lipinski definition) is 1. The second kappa shape index (κ2) is 3.64. The van der Waals surface area contributed by atoms with Gasteiger partial charge in [-0.3, -0.25) is 5.10 Å². The maximum Gasteiger partial charge on any atom is 0.0816 e. The first-order valence-corrected chi connectivity index (χ1v) is 6.45. The highest BCUT2D eigenvalue weighted by atomic mass is 79.9. The lowest BCUT2D eigenvalue weighted by Crippen LogP contribution is -1.79. The molecule has 13 heavy (non-hydrogen) atoms. The molecular formula is C7H2Br4N2. The summed E-state index contributed by atoms with van der Waals surface area (Å²) >= 11 is 13.9. The van der Waals surface area contributed by atoms with Crippen LogP contribution in [-0.2, 0) is 0 Å². The SMILES string of the molecule is Brc1c(Br)c(Br)c2[nH]ncc2c1Br. The van der Waals surface area contributed by atoms with Gasteiger partial charge in [0.2, 0.25) is 0 Å². The number of fused-ring (bicyclic) bond motifs is 1. The van der Waals surface area contributed by atoms with Crippen LogP contribution in [0.25, 0.3) is 10.9 Å². The summed E-state index contributed by atoms with van der Waals surface area (Å²) in [6.07, 6.45) is 1.78. The van der Waals surface area contributed by atoms with E-state index in [0.29, 0.717) is 0 Å². The Labute approximate surface area is 108 Å². The van der Waals surface area contributed by atoms with Crippen molar-refractivity contribution in [2.75, 3.05) is 0 Å². The minimum absolute atomic E-state index is 0.968. The van der Waals surface area contributed by atoms with Gasteiger partial charge < -0.3 is 0 Å². The topological polar surface area (TPSA) is 28.7 Å². The number of rotatable bonds is 0. The van der Waals surface area contributed by atoms with E-state index in [0.717, 1.165) is 28.8 Å². The molecule has 68 valence electrons. The molecule has 0 saturated carbocycles. The molecule has 2 rings (SSSR count). The van der Waals surface area contributed by atoms with E-state index >= 15 is 0 Å². The highest BCUT2D eigenvalue weighted by Gasteiger charge is 2.14. The molecule has 1 aromatic carbocycles. The van der Waals surface area contributed by atoms with Crippen molar-refractivity contribution in [1.29, 1.82) is 0 Å². The monoisotopic (exact) mass is 430 g/mol. The van der Waals surface area contributed by atoms with Crippen LogP contribution in [-0.4, -0.2) is 10.2 Å². The van der Waals surface area contributed by atoms with Gasteiger partial charge in [-0.2, -0.15) is 5.10 Å². The number of aromatic amines is 1. The molecule has 0 fully saturated rings. The molecule has 0 aliphatic heterocycles. The van der Waals surface area contributed by atoms with Gasteiger partial charge in [-0.25, -0.2) is 0 Å². The van der Waals surface area contributed by atoms with E-state index in [1.54, 1.807) is 6.20 Å². The number of aromatic nitrogens is 2. The average molecular weight is 434 g/mol. The van der Waals surface area contributed by atoms with E-state index in [-0.39, 0.29) is 0 Å². The fourth-order valence-electron chi connectivity index (χ4n) is 1.04. The van der Waals surface area contributed by atoms with E-state index in [2.05, 4.69) is 73.9 Å². The third kappa shape index (κ3) is 1.52. The molecule has 2 nitrogen and oxygen atoms in total. The number of H-pyrrole nitrogens is 1. The Hall–Kier alpha value is 0.610. The van der Waals surface area contributed by atoms with Crippen LogP contribution >= 0.6 is 63.7 Å². The molecular weight excluding hydrogens is 432 g/mol. The van der Waals surface area contributed by atoms with Gasteiger partial charge in [0.25, 0.3) is 0 Å². The largest absolute Gasteiger partial charge is 0.277 e. The highest BCUT2D eigenvalue weighted by Crippen LogP contribution is 2.42. The lowest BCUT2D eigenvalue weighted by atomic mass is 10.3. The van der Waals surface area contributed by atoms with Gasteiger partial charge in [0.15, 0.2) is 0 Å². The molecule has 0 aliphatic rings. The molecule has 0 aliphatic carbocycles. The maximum absolute atomic E-state index is 3.98. The molecule has 0 unspecified atom stereocenters. The summed E-state index contributed by atoms with van der Waals surface area (Å²) in [5.41, 5.74) is 0.974. The van der Waals surface area contributed by atoms with Crippen molar-refractivity contribution < 1.29 is 0 Å². The molecule has 0 saturated heterocycles. The van der Waals surface area contributed by atoms with Gasteiger partial charge in [-0.15, -0.1) is 0 Å². The molecule has 0 spiro atoms. The van der Waals surface area contributed by atoms with E-state index in [9.17, 15) is 0 Å². The predicted octanol–water partition coefficient (Wildman–Crippen LogP) is 4.61. The fraction of sp³-hybridized carbons (Fsp3) is 0. The van der Waals surface area contributed by atoms with E-state index in [1.165, 1.54) is 0 Å². The van der Waals surface area contributed by atoms with Gasteiger partial charge >= 0.3 is 0 Å². The van der Waals surface area contributed by atoms with Crippen molar-refractivity contribution in [3.63, 3.8) is 0 Å². The minimum atomic E-state index is 0.968. The summed E-state index contributed by atoms with van der Waals surface area (Å²) in [4.78, 5) is 0. The Morgan fingerprint density at radius 2 is 1.54 bits per heavy atom. The molecule has 0 radical (unpaired) electrons. The number of hydrogen-bond donors (Lipinski definition) is 1. The first kappa shape index (κ1) is 10.1. The zero-order chi connectivity index (χ0) is 9.59. The van der Waals surface area contributed by atoms with Crippen LogP contribution in [0.15, 0.2) is 24.1 Å². The lowest BCUT2D eigenvalue weighted by Gasteiger charge is -2.04. The Bertz CT molecular complexity index is 435. The van der Waals surface area contributed by atoms with Gasteiger partial charge in [0.05, 0.1) is 16.2 Å². The van der Waals surface area contributed by atoms with Crippen LogP contribution in [0, 0.1) is 0 Å². The van der Waals surface area contributed by atoms with Crippen molar-refractivity contribution in [1.82, 2.24) is 10.2 Å². The third-order valence-electron chi connectivity index (χ3n) is 1.67. The third-order valence-corrected chi connectivity index (χ3v) is 6.47. The van der Waals surface area contributed by atoms with E-state index in [4.69, 9.17) is 0 Å². The van der Waals surface area contributed by atoms with Crippen LogP contribution in [0.4, 0.5) is 0 Å². The molecule has 1 heterocycles. The first-order valence-electron chi connectivity index (χ1n) is 3.28. The number of nitrogens with zero attached hydrogens (tertiary/aromatic N) is 1. The maximum atomic E-state index is 3.98. The zero-order valence-corrected chi connectivity index (χ0v) is 12.4. The second-order valence-electron chi connectivity index (χ2n) is 2.41. The summed E-state index contributed by atoms with van der Waals surface area (Å²) < 4.78 is 3.91. The van der Waals surface area contributed by atoms with E-state index < -0.39 is 0 Å². The number of benzene rings is 1. The quantitative estimate of drug-likeness (QED) is 0.477. The summed E-state index contributed by atoms with van der Waals surface area (Å²) in [5.74, 6) is 0. The predicted molar refractivity (Wildman–Crippen MR) is 66.9 cm³/mol. The highest BCUT2D eigenvalue weighted by molar-refractivity contribution is 9.15. The standard InChI is InChI=1S/C7H2Br4N2/c8-3-2-1-12-13-7(2)6(11)5(10)4(3)9/h1H,(H,12,13). The van der Waals surface area contributed by atoms with Crippen LogP contribution in [0.3, 0.4) is 0 Å². The van der Waals surface area contributed by atoms with Crippen molar-refractivity contribution >= 4 is 74.6 Å². The lowest BCUT2D eigenvalue weighted by molar-refractivity contribution is 1.12. The molecule has 0 amide bonds. The van der Waals surface area contributed by atoms with Crippen LogP contribution < -0.4 is 0 Å². The van der Waals surface area contributed by atoms with E-state index in [1.807, 2.05) is 0 Å². The Morgan fingerprint density at radius 1 is 0.923 bits per heavy atom. The van der Waals surface area contributed by atoms with Gasteiger partial charge in [0, 0.05) is 18.8 Å². The summed E-state index contributed by atoms with van der Waals surface area (Å²) in [5, 5.41) is 7.94. The molecule has 1 aromatic heterocycles. The van der Waals surface area contributed by atoms with Crippen LogP contribution in [0.2, 0.25) is 0 Å². The van der Waals surface area contributed by atoms with Crippen molar-refractivity contribution in [3.8, 4) is 0 Å².